The molecule has 3 aromatic rings. The summed E-state index contributed by atoms with van der Waals surface area (Å²) < 4.78 is 2.05. The van der Waals surface area contributed by atoms with Crippen LogP contribution in [0.2, 0.25) is 0 Å². The van der Waals surface area contributed by atoms with E-state index in [0.29, 0.717) is 11.5 Å². The van der Waals surface area contributed by atoms with Gasteiger partial charge in [-0.15, -0.1) is 0 Å². The number of fused-ring (bicyclic) bond motifs is 1. The highest BCUT2D eigenvalue weighted by atomic mass is 15.2. The van der Waals surface area contributed by atoms with Gasteiger partial charge < -0.3 is 20.5 Å². The van der Waals surface area contributed by atoms with Crippen LogP contribution in [0.15, 0.2) is 49.3 Å². The number of para-hydroxylation sites is 1. The second-order valence-corrected chi connectivity index (χ2v) is 6.07. The molecule has 0 spiro atoms. The molecule has 0 saturated carbocycles. The number of rotatable bonds is 6. The van der Waals surface area contributed by atoms with E-state index in [1.165, 1.54) is 11.3 Å². The molecule has 0 radical (unpaired) electrons. The Labute approximate surface area is 146 Å². The fourth-order valence-electron chi connectivity index (χ4n) is 3.19. The second kappa shape index (κ2) is 6.80. The molecule has 0 atom stereocenters. The summed E-state index contributed by atoms with van der Waals surface area (Å²) in [6, 6.07) is 8.38. The minimum atomic E-state index is 0.599. The van der Waals surface area contributed by atoms with Crippen molar-refractivity contribution < 1.29 is 0 Å². The van der Waals surface area contributed by atoms with Gasteiger partial charge in [-0.25, -0.2) is 15.0 Å². The Bertz CT molecular complexity index is 844. The third-order valence-electron chi connectivity index (χ3n) is 4.45. The molecule has 0 amide bonds. The number of hydrogen-bond acceptors (Lipinski definition) is 6. The fraction of sp³-hybridized carbons (Fsp3) is 0.278. The number of nitrogens with one attached hydrogen (secondary N) is 1. The maximum atomic E-state index is 6.35. The number of aromatic nitrogens is 4. The summed E-state index contributed by atoms with van der Waals surface area (Å²) in [6.07, 6.45) is 9.11. The van der Waals surface area contributed by atoms with Crippen molar-refractivity contribution >= 4 is 23.0 Å². The van der Waals surface area contributed by atoms with Crippen LogP contribution in [0, 0.1) is 0 Å². The summed E-state index contributed by atoms with van der Waals surface area (Å²) in [5.41, 5.74) is 9.46. The zero-order valence-corrected chi connectivity index (χ0v) is 14.0. The zero-order valence-electron chi connectivity index (χ0n) is 14.0. The normalized spacial score (nSPS) is 13.0. The molecule has 25 heavy (non-hydrogen) atoms. The Morgan fingerprint density at radius 1 is 1.20 bits per heavy atom. The highest BCUT2D eigenvalue weighted by Gasteiger charge is 2.23. The van der Waals surface area contributed by atoms with Crippen molar-refractivity contribution in [2.24, 2.45) is 0 Å². The first kappa shape index (κ1) is 15.4. The van der Waals surface area contributed by atoms with Crippen molar-refractivity contribution in [1.29, 1.82) is 0 Å². The van der Waals surface area contributed by atoms with E-state index in [9.17, 15) is 0 Å². The molecule has 7 nitrogen and oxygen atoms in total. The van der Waals surface area contributed by atoms with Crippen LogP contribution in [-0.4, -0.2) is 32.6 Å². The summed E-state index contributed by atoms with van der Waals surface area (Å²) in [5.74, 6) is 1.47. The van der Waals surface area contributed by atoms with Gasteiger partial charge in [-0.2, -0.15) is 0 Å². The highest BCUT2D eigenvalue weighted by molar-refractivity contribution is 5.81. The van der Waals surface area contributed by atoms with Gasteiger partial charge in [-0.1, -0.05) is 18.2 Å². The molecule has 0 fully saturated rings. The molecule has 0 saturated heterocycles. The Hall–Kier alpha value is -3.09. The molecule has 3 N–H and O–H groups in total. The van der Waals surface area contributed by atoms with Crippen LogP contribution in [0.3, 0.4) is 0 Å². The SMILES string of the molecule is Nc1c(NCCCn2ccnc2)ncnc1N1CCc2ccccc21. The van der Waals surface area contributed by atoms with E-state index in [1.807, 2.05) is 18.6 Å². The average Bonchev–Trinajstić information content (AvgIpc) is 3.30. The van der Waals surface area contributed by atoms with Gasteiger partial charge in [0.1, 0.15) is 12.0 Å². The molecule has 1 aromatic carbocycles. The molecule has 2 aromatic heterocycles. The lowest BCUT2D eigenvalue weighted by molar-refractivity contribution is 0.660. The van der Waals surface area contributed by atoms with Gasteiger partial charge in [-0.05, 0) is 24.5 Å². The van der Waals surface area contributed by atoms with E-state index < -0.39 is 0 Å². The lowest BCUT2D eigenvalue weighted by Crippen LogP contribution is -2.18. The first-order chi connectivity index (χ1) is 12.3. The molecule has 1 aliphatic heterocycles. The van der Waals surface area contributed by atoms with Crippen LogP contribution in [-0.2, 0) is 13.0 Å². The number of imidazole rings is 1. The number of hydrogen-bond donors (Lipinski definition) is 2. The van der Waals surface area contributed by atoms with Gasteiger partial charge in [-0.3, -0.25) is 0 Å². The van der Waals surface area contributed by atoms with Gasteiger partial charge in [0.05, 0.1) is 6.33 Å². The van der Waals surface area contributed by atoms with Crippen LogP contribution >= 0.6 is 0 Å². The van der Waals surface area contributed by atoms with Crippen LogP contribution in [0.25, 0.3) is 0 Å². The molecule has 4 rings (SSSR count). The van der Waals surface area contributed by atoms with Gasteiger partial charge in [0.2, 0.25) is 0 Å². The molecule has 0 aliphatic carbocycles. The Balaban J connectivity index is 1.45. The zero-order chi connectivity index (χ0) is 17.1. The predicted molar refractivity (Wildman–Crippen MR) is 98.9 cm³/mol. The van der Waals surface area contributed by atoms with E-state index in [-0.39, 0.29) is 0 Å². The number of nitrogens with zero attached hydrogens (tertiary/aromatic N) is 5. The molecule has 1 aliphatic rings. The van der Waals surface area contributed by atoms with E-state index in [0.717, 1.165) is 38.3 Å². The smallest absolute Gasteiger partial charge is 0.161 e. The van der Waals surface area contributed by atoms with Gasteiger partial charge in [0.15, 0.2) is 11.6 Å². The Kier molecular flexibility index (Phi) is 4.20. The summed E-state index contributed by atoms with van der Waals surface area (Å²) in [6.45, 7) is 2.58. The molecule has 0 unspecified atom stereocenters. The van der Waals surface area contributed by atoms with Gasteiger partial charge in [0, 0.05) is 37.7 Å². The van der Waals surface area contributed by atoms with Crippen molar-refractivity contribution in [2.45, 2.75) is 19.4 Å². The molecule has 0 bridgehead atoms. The molecule has 128 valence electrons. The first-order valence-corrected chi connectivity index (χ1v) is 8.48. The quantitative estimate of drug-likeness (QED) is 0.673. The van der Waals surface area contributed by atoms with E-state index in [1.54, 1.807) is 12.5 Å². The number of aryl methyl sites for hydroxylation is 1. The van der Waals surface area contributed by atoms with Gasteiger partial charge >= 0.3 is 0 Å². The van der Waals surface area contributed by atoms with E-state index in [2.05, 4.69) is 47.9 Å². The van der Waals surface area contributed by atoms with E-state index in [4.69, 9.17) is 5.73 Å². The molecule has 7 heteroatoms. The maximum absolute atomic E-state index is 6.35. The van der Waals surface area contributed by atoms with E-state index >= 15 is 0 Å². The summed E-state index contributed by atoms with van der Waals surface area (Å²) in [5, 5.41) is 3.33. The standard InChI is InChI=1S/C18H21N7/c19-16-17(21-7-3-9-24-11-8-20-13-24)22-12-23-18(16)25-10-6-14-4-1-2-5-15(14)25/h1-2,4-5,8,11-13H,3,6-7,9-10,19H2,(H,21,22,23). The van der Waals surface area contributed by atoms with Crippen molar-refractivity contribution in [3.63, 3.8) is 0 Å². The number of benzene rings is 1. The lowest BCUT2D eigenvalue weighted by atomic mass is 10.2. The van der Waals surface area contributed by atoms with Crippen LogP contribution in [0.1, 0.15) is 12.0 Å². The topological polar surface area (TPSA) is 84.9 Å². The fourth-order valence-corrected chi connectivity index (χ4v) is 3.19. The summed E-state index contributed by atoms with van der Waals surface area (Å²) >= 11 is 0. The number of nitrogen functional groups attached to an aromatic ring is 1. The van der Waals surface area contributed by atoms with Crippen LogP contribution in [0.4, 0.5) is 23.0 Å². The monoisotopic (exact) mass is 335 g/mol. The average molecular weight is 335 g/mol. The highest BCUT2D eigenvalue weighted by Crippen LogP contribution is 2.37. The van der Waals surface area contributed by atoms with Crippen molar-refractivity contribution in [1.82, 2.24) is 19.5 Å². The lowest BCUT2D eigenvalue weighted by Gasteiger charge is -2.21. The Morgan fingerprint density at radius 2 is 2.12 bits per heavy atom. The van der Waals surface area contributed by atoms with Crippen molar-refractivity contribution in [3.8, 4) is 0 Å². The molecular weight excluding hydrogens is 314 g/mol. The third kappa shape index (κ3) is 3.13. The third-order valence-corrected chi connectivity index (χ3v) is 4.45. The minimum absolute atomic E-state index is 0.599. The predicted octanol–water partition coefficient (Wildman–Crippen LogP) is 2.45. The van der Waals surface area contributed by atoms with Crippen molar-refractivity contribution in [2.75, 3.05) is 29.0 Å². The first-order valence-electron chi connectivity index (χ1n) is 8.48. The molecular formula is C18H21N7. The number of anilines is 4. The summed E-state index contributed by atoms with van der Waals surface area (Å²) in [7, 11) is 0. The Morgan fingerprint density at radius 3 is 3.00 bits per heavy atom. The maximum Gasteiger partial charge on any atom is 0.161 e. The second-order valence-electron chi connectivity index (χ2n) is 6.07. The largest absolute Gasteiger partial charge is 0.393 e. The van der Waals surface area contributed by atoms with Gasteiger partial charge in [0.25, 0.3) is 0 Å². The summed E-state index contributed by atoms with van der Waals surface area (Å²) in [4.78, 5) is 14.9. The van der Waals surface area contributed by atoms with Crippen LogP contribution < -0.4 is 16.0 Å². The number of nitrogens with two attached hydrogens (primary N) is 1. The minimum Gasteiger partial charge on any atom is -0.393 e. The molecule has 3 heterocycles. The van der Waals surface area contributed by atoms with Crippen molar-refractivity contribution in [3.05, 3.63) is 54.9 Å². The van der Waals surface area contributed by atoms with Crippen LogP contribution in [0.5, 0.6) is 0 Å².